The Kier molecular flexibility index (Phi) is 2.05. The number of benzene rings is 1. The molecule has 1 N–H and O–H groups in total. The van der Waals surface area contributed by atoms with Gasteiger partial charge in [-0.25, -0.2) is 4.79 Å². The van der Waals surface area contributed by atoms with E-state index in [9.17, 15) is 9.90 Å². The fourth-order valence-corrected chi connectivity index (χ4v) is 2.67. The first-order chi connectivity index (χ1) is 8.50. The SMILES string of the molecule is Cc1ccc2c(c1)c1cc(C(=O)O)n(C)c1n2C. The lowest BCUT2D eigenvalue weighted by atomic mass is 10.1. The number of hydrogen-bond donors (Lipinski definition) is 1. The Morgan fingerprint density at radius 3 is 2.50 bits per heavy atom. The molecule has 0 spiro atoms. The molecular formula is C14H14N2O2. The number of carbonyl (C=O) groups is 1. The van der Waals surface area contributed by atoms with Crippen molar-refractivity contribution >= 4 is 27.9 Å². The molecule has 0 radical (unpaired) electrons. The van der Waals surface area contributed by atoms with Crippen molar-refractivity contribution in [1.82, 2.24) is 9.13 Å². The van der Waals surface area contributed by atoms with Gasteiger partial charge in [-0.3, -0.25) is 0 Å². The maximum Gasteiger partial charge on any atom is 0.352 e. The number of aryl methyl sites for hydroxylation is 3. The van der Waals surface area contributed by atoms with Crippen LogP contribution in [-0.2, 0) is 14.1 Å². The Hall–Kier alpha value is -2.23. The molecule has 0 bridgehead atoms. The molecule has 0 amide bonds. The number of nitrogens with zero attached hydrogens (tertiary/aromatic N) is 2. The molecule has 3 rings (SSSR count). The van der Waals surface area contributed by atoms with E-state index in [1.165, 1.54) is 5.56 Å². The molecule has 3 aromatic rings. The third-order valence-corrected chi connectivity index (χ3v) is 3.54. The van der Waals surface area contributed by atoms with E-state index >= 15 is 0 Å². The van der Waals surface area contributed by atoms with E-state index in [-0.39, 0.29) is 0 Å². The summed E-state index contributed by atoms with van der Waals surface area (Å²) in [5, 5.41) is 11.3. The standard InChI is InChI=1S/C14H14N2O2/c1-8-4-5-11-9(6-8)10-7-12(14(17)18)16(3)13(10)15(11)2/h4-7H,1-3H3,(H,17,18). The summed E-state index contributed by atoms with van der Waals surface area (Å²) in [6, 6.07) is 7.99. The topological polar surface area (TPSA) is 47.2 Å². The van der Waals surface area contributed by atoms with Crippen LogP contribution in [0.25, 0.3) is 21.9 Å². The minimum absolute atomic E-state index is 0.319. The fourth-order valence-electron chi connectivity index (χ4n) is 2.67. The molecule has 0 aliphatic heterocycles. The third-order valence-electron chi connectivity index (χ3n) is 3.54. The molecule has 1 aromatic carbocycles. The Morgan fingerprint density at radius 1 is 1.11 bits per heavy atom. The van der Waals surface area contributed by atoms with Gasteiger partial charge in [0, 0.05) is 24.9 Å². The van der Waals surface area contributed by atoms with Crippen LogP contribution in [0.2, 0.25) is 0 Å². The van der Waals surface area contributed by atoms with Gasteiger partial charge in [-0.2, -0.15) is 0 Å². The van der Waals surface area contributed by atoms with Crippen LogP contribution in [0.3, 0.4) is 0 Å². The van der Waals surface area contributed by atoms with Gasteiger partial charge in [-0.15, -0.1) is 0 Å². The molecule has 0 saturated carbocycles. The predicted octanol–water partition coefficient (Wildman–Crippen LogP) is 2.68. The first-order valence-electron chi connectivity index (χ1n) is 5.78. The van der Waals surface area contributed by atoms with Crippen LogP contribution in [0.4, 0.5) is 0 Å². The highest BCUT2D eigenvalue weighted by Gasteiger charge is 2.17. The van der Waals surface area contributed by atoms with E-state index in [1.54, 1.807) is 17.7 Å². The number of aromatic nitrogens is 2. The second-order valence-electron chi connectivity index (χ2n) is 4.71. The summed E-state index contributed by atoms with van der Waals surface area (Å²) >= 11 is 0. The zero-order valence-electron chi connectivity index (χ0n) is 10.6. The third kappa shape index (κ3) is 1.23. The minimum atomic E-state index is -0.894. The lowest BCUT2D eigenvalue weighted by Crippen LogP contribution is -2.05. The second kappa shape index (κ2) is 3.38. The first-order valence-corrected chi connectivity index (χ1v) is 5.78. The molecule has 92 valence electrons. The molecule has 0 aliphatic rings. The molecule has 4 nitrogen and oxygen atoms in total. The molecule has 0 saturated heterocycles. The lowest BCUT2D eigenvalue weighted by Gasteiger charge is -2.03. The molecule has 0 atom stereocenters. The van der Waals surface area contributed by atoms with E-state index in [1.807, 2.05) is 18.5 Å². The highest BCUT2D eigenvalue weighted by molar-refractivity contribution is 6.10. The predicted molar refractivity (Wildman–Crippen MR) is 71.1 cm³/mol. The number of carboxylic acids is 1. The van der Waals surface area contributed by atoms with Crippen molar-refractivity contribution in [3.8, 4) is 0 Å². The van der Waals surface area contributed by atoms with E-state index in [0.717, 1.165) is 21.9 Å². The van der Waals surface area contributed by atoms with Crippen molar-refractivity contribution < 1.29 is 9.90 Å². The van der Waals surface area contributed by atoms with Gasteiger partial charge in [0.25, 0.3) is 0 Å². The van der Waals surface area contributed by atoms with Gasteiger partial charge in [-0.05, 0) is 25.1 Å². The molecule has 0 unspecified atom stereocenters. The van der Waals surface area contributed by atoms with Gasteiger partial charge in [0.05, 0.1) is 5.52 Å². The molecular weight excluding hydrogens is 228 g/mol. The van der Waals surface area contributed by atoms with Gasteiger partial charge < -0.3 is 14.2 Å². The average molecular weight is 242 g/mol. The molecule has 4 heteroatoms. The van der Waals surface area contributed by atoms with Crippen molar-refractivity contribution in [2.75, 3.05) is 0 Å². The summed E-state index contributed by atoms with van der Waals surface area (Å²) in [4.78, 5) is 11.2. The van der Waals surface area contributed by atoms with Crippen molar-refractivity contribution in [2.24, 2.45) is 14.1 Å². The van der Waals surface area contributed by atoms with E-state index < -0.39 is 5.97 Å². The molecule has 0 aliphatic carbocycles. The number of rotatable bonds is 1. The quantitative estimate of drug-likeness (QED) is 0.713. The summed E-state index contributed by atoms with van der Waals surface area (Å²) in [5.41, 5.74) is 3.56. The van der Waals surface area contributed by atoms with Gasteiger partial charge in [0.15, 0.2) is 0 Å². The van der Waals surface area contributed by atoms with Gasteiger partial charge in [0.1, 0.15) is 11.3 Å². The highest BCUT2D eigenvalue weighted by Crippen LogP contribution is 2.30. The van der Waals surface area contributed by atoms with Gasteiger partial charge in [0.2, 0.25) is 0 Å². The Labute approximate surface area is 104 Å². The number of hydrogen-bond acceptors (Lipinski definition) is 1. The number of aromatic carboxylic acids is 1. The molecule has 2 heterocycles. The van der Waals surface area contributed by atoms with Crippen molar-refractivity contribution in [3.63, 3.8) is 0 Å². The van der Waals surface area contributed by atoms with Crippen molar-refractivity contribution in [3.05, 3.63) is 35.5 Å². The summed E-state index contributed by atoms with van der Waals surface area (Å²) < 4.78 is 3.77. The van der Waals surface area contributed by atoms with E-state index in [4.69, 9.17) is 0 Å². The molecule has 18 heavy (non-hydrogen) atoms. The number of fused-ring (bicyclic) bond motifs is 3. The normalized spacial score (nSPS) is 11.5. The molecule has 2 aromatic heterocycles. The summed E-state index contributed by atoms with van der Waals surface area (Å²) in [6.45, 7) is 2.04. The average Bonchev–Trinajstić information content (AvgIpc) is 2.77. The number of carboxylic acid groups (broad SMARTS) is 1. The van der Waals surface area contributed by atoms with Crippen LogP contribution in [0.15, 0.2) is 24.3 Å². The van der Waals surface area contributed by atoms with Crippen LogP contribution < -0.4 is 0 Å². The van der Waals surface area contributed by atoms with Crippen LogP contribution in [0, 0.1) is 6.92 Å². The Bertz CT molecular complexity index is 793. The lowest BCUT2D eigenvalue weighted by molar-refractivity contribution is 0.0687. The smallest absolute Gasteiger partial charge is 0.352 e. The highest BCUT2D eigenvalue weighted by atomic mass is 16.4. The second-order valence-corrected chi connectivity index (χ2v) is 4.71. The van der Waals surface area contributed by atoms with Crippen molar-refractivity contribution in [1.29, 1.82) is 0 Å². The summed E-state index contributed by atoms with van der Waals surface area (Å²) in [5.74, 6) is -0.894. The molecule has 0 fully saturated rings. The summed E-state index contributed by atoms with van der Waals surface area (Å²) in [6.07, 6.45) is 0. The van der Waals surface area contributed by atoms with Crippen LogP contribution in [0.1, 0.15) is 16.1 Å². The minimum Gasteiger partial charge on any atom is -0.477 e. The fraction of sp³-hybridized carbons (Fsp3) is 0.214. The van der Waals surface area contributed by atoms with E-state index in [0.29, 0.717) is 5.69 Å². The Morgan fingerprint density at radius 2 is 1.83 bits per heavy atom. The van der Waals surface area contributed by atoms with Gasteiger partial charge >= 0.3 is 5.97 Å². The van der Waals surface area contributed by atoms with Crippen LogP contribution in [0.5, 0.6) is 0 Å². The largest absolute Gasteiger partial charge is 0.477 e. The Balaban J connectivity index is 2.54. The van der Waals surface area contributed by atoms with Gasteiger partial charge in [-0.1, -0.05) is 11.6 Å². The van der Waals surface area contributed by atoms with Crippen LogP contribution >= 0.6 is 0 Å². The maximum atomic E-state index is 11.2. The first kappa shape index (κ1) is 10.9. The maximum absolute atomic E-state index is 11.2. The monoisotopic (exact) mass is 242 g/mol. The van der Waals surface area contributed by atoms with E-state index in [2.05, 4.69) is 18.2 Å². The summed E-state index contributed by atoms with van der Waals surface area (Å²) in [7, 11) is 3.75. The van der Waals surface area contributed by atoms with Crippen LogP contribution in [-0.4, -0.2) is 20.2 Å². The van der Waals surface area contributed by atoms with Crippen molar-refractivity contribution in [2.45, 2.75) is 6.92 Å². The zero-order chi connectivity index (χ0) is 13.0. The zero-order valence-corrected chi connectivity index (χ0v) is 10.6.